The van der Waals surface area contributed by atoms with E-state index < -0.39 is 0 Å². The van der Waals surface area contributed by atoms with Gasteiger partial charge in [-0.1, -0.05) is 23.7 Å². The molecule has 2 heterocycles. The number of carbonyl (C=O) groups excluding carboxylic acids is 1. The number of nitrogens with one attached hydrogen (secondary N) is 1. The van der Waals surface area contributed by atoms with Gasteiger partial charge in [-0.15, -0.1) is 0 Å². The van der Waals surface area contributed by atoms with Crippen molar-refractivity contribution in [3.05, 3.63) is 41.7 Å². The van der Waals surface area contributed by atoms with Gasteiger partial charge < -0.3 is 10.1 Å². The lowest BCUT2D eigenvalue weighted by atomic mass is 10.2. The Bertz CT molecular complexity index is 620. The molecular formula is C14H14ClN3O2. The van der Waals surface area contributed by atoms with E-state index in [4.69, 9.17) is 16.3 Å². The second-order valence-electron chi connectivity index (χ2n) is 4.62. The molecule has 5 nitrogen and oxygen atoms in total. The minimum atomic E-state index is -0.348. The number of halogens is 1. The normalized spacial score (nSPS) is 18.1. The zero-order valence-electron chi connectivity index (χ0n) is 10.8. The smallest absolute Gasteiger partial charge is 0.253 e. The summed E-state index contributed by atoms with van der Waals surface area (Å²) in [5.41, 5.74) is 1.40. The molecule has 1 atom stereocenters. The third-order valence-electron chi connectivity index (χ3n) is 3.17. The predicted octanol–water partition coefficient (Wildman–Crippen LogP) is 2.64. The molecule has 0 radical (unpaired) electrons. The Morgan fingerprint density at radius 2 is 2.30 bits per heavy atom. The highest BCUT2D eigenvalue weighted by Gasteiger charge is 2.23. The Hall–Kier alpha value is -1.85. The van der Waals surface area contributed by atoms with Gasteiger partial charge in [-0.25, -0.2) is 4.68 Å². The van der Waals surface area contributed by atoms with Crippen LogP contribution in [0.2, 0.25) is 5.02 Å². The van der Waals surface area contributed by atoms with Crippen LogP contribution >= 0.6 is 11.6 Å². The Balaban J connectivity index is 1.74. The number of hydrogen-bond acceptors (Lipinski definition) is 3. The van der Waals surface area contributed by atoms with E-state index in [2.05, 4.69) is 10.4 Å². The predicted molar refractivity (Wildman–Crippen MR) is 76.2 cm³/mol. The Labute approximate surface area is 121 Å². The summed E-state index contributed by atoms with van der Waals surface area (Å²) in [5, 5.41) is 7.61. The molecule has 1 aromatic carbocycles. The average molecular weight is 292 g/mol. The molecule has 1 saturated heterocycles. The molecule has 6 heteroatoms. The first-order valence-corrected chi connectivity index (χ1v) is 6.84. The number of carbonyl (C=O) groups is 1. The molecule has 0 saturated carbocycles. The highest BCUT2D eigenvalue weighted by atomic mass is 35.5. The van der Waals surface area contributed by atoms with Crippen LogP contribution in [-0.4, -0.2) is 28.4 Å². The standard InChI is InChI=1S/C14H14ClN3O2/c15-11-4-1-2-5-12(11)18-9-10(8-16-18)17-14(19)13-6-3-7-20-13/h1-2,4-5,8-9,13H,3,6-7H2,(H,17,19). The fraction of sp³-hybridized carbons (Fsp3) is 0.286. The van der Waals surface area contributed by atoms with Crippen LogP contribution in [0.25, 0.3) is 5.69 Å². The van der Waals surface area contributed by atoms with Gasteiger partial charge in [0.1, 0.15) is 6.10 Å². The Kier molecular flexibility index (Phi) is 3.71. The molecule has 0 aliphatic carbocycles. The van der Waals surface area contributed by atoms with Crippen molar-refractivity contribution in [3.8, 4) is 5.69 Å². The van der Waals surface area contributed by atoms with Gasteiger partial charge in [0.05, 0.1) is 28.8 Å². The summed E-state index contributed by atoms with van der Waals surface area (Å²) in [6.45, 7) is 0.650. The zero-order chi connectivity index (χ0) is 13.9. The number of rotatable bonds is 3. The summed E-state index contributed by atoms with van der Waals surface area (Å²) in [5.74, 6) is -0.124. The third-order valence-corrected chi connectivity index (χ3v) is 3.49. The van der Waals surface area contributed by atoms with E-state index in [1.54, 1.807) is 23.1 Å². The first-order valence-electron chi connectivity index (χ1n) is 6.46. The van der Waals surface area contributed by atoms with E-state index >= 15 is 0 Å². The number of benzene rings is 1. The van der Waals surface area contributed by atoms with Gasteiger partial charge in [-0.2, -0.15) is 5.10 Å². The van der Waals surface area contributed by atoms with Gasteiger partial charge in [-0.05, 0) is 25.0 Å². The molecule has 0 bridgehead atoms. The molecule has 3 rings (SSSR count). The van der Waals surface area contributed by atoms with Crippen LogP contribution in [0.15, 0.2) is 36.7 Å². The third kappa shape index (κ3) is 2.69. The van der Waals surface area contributed by atoms with E-state index in [1.165, 1.54) is 0 Å². The maximum atomic E-state index is 11.9. The monoisotopic (exact) mass is 291 g/mol. The van der Waals surface area contributed by atoms with Crippen molar-refractivity contribution in [3.63, 3.8) is 0 Å². The molecule has 104 valence electrons. The molecule has 20 heavy (non-hydrogen) atoms. The number of nitrogens with zero attached hydrogens (tertiary/aromatic N) is 2. The number of aromatic nitrogens is 2. The Morgan fingerprint density at radius 3 is 3.05 bits per heavy atom. The van der Waals surface area contributed by atoms with Crippen LogP contribution in [0.3, 0.4) is 0 Å². The summed E-state index contributed by atoms with van der Waals surface area (Å²) in [7, 11) is 0. The summed E-state index contributed by atoms with van der Waals surface area (Å²) in [6, 6.07) is 7.40. The van der Waals surface area contributed by atoms with Crippen LogP contribution in [0.1, 0.15) is 12.8 Å². The van der Waals surface area contributed by atoms with Gasteiger partial charge >= 0.3 is 0 Å². The highest BCUT2D eigenvalue weighted by molar-refractivity contribution is 6.32. The van der Waals surface area contributed by atoms with Crippen molar-refractivity contribution in [2.24, 2.45) is 0 Å². The molecular weight excluding hydrogens is 278 g/mol. The van der Waals surface area contributed by atoms with Crippen molar-refractivity contribution in [2.75, 3.05) is 11.9 Å². The first kappa shape index (κ1) is 13.1. The van der Waals surface area contributed by atoms with Crippen molar-refractivity contribution >= 4 is 23.2 Å². The molecule has 1 aliphatic rings. The van der Waals surface area contributed by atoms with Gasteiger partial charge in [-0.3, -0.25) is 4.79 Å². The SMILES string of the molecule is O=C(Nc1cnn(-c2ccccc2Cl)c1)C1CCCO1. The molecule has 0 spiro atoms. The second kappa shape index (κ2) is 5.64. The first-order chi connectivity index (χ1) is 9.74. The number of anilines is 1. The number of amides is 1. The minimum absolute atomic E-state index is 0.124. The summed E-state index contributed by atoms with van der Waals surface area (Å²) < 4.78 is 6.97. The lowest BCUT2D eigenvalue weighted by Crippen LogP contribution is -2.26. The van der Waals surface area contributed by atoms with Gasteiger partial charge in [0, 0.05) is 6.61 Å². The number of para-hydroxylation sites is 1. The quantitative estimate of drug-likeness (QED) is 0.946. The molecule has 1 aromatic heterocycles. The second-order valence-corrected chi connectivity index (χ2v) is 5.02. The minimum Gasteiger partial charge on any atom is -0.368 e. The summed E-state index contributed by atoms with van der Waals surface area (Å²) >= 11 is 6.11. The molecule has 1 N–H and O–H groups in total. The van der Waals surface area contributed by atoms with E-state index in [0.29, 0.717) is 17.3 Å². The number of ether oxygens (including phenoxy) is 1. The fourth-order valence-corrected chi connectivity index (χ4v) is 2.39. The van der Waals surface area contributed by atoms with Crippen LogP contribution in [0, 0.1) is 0 Å². The van der Waals surface area contributed by atoms with Gasteiger partial charge in [0.2, 0.25) is 0 Å². The van der Waals surface area contributed by atoms with Gasteiger partial charge in [0.25, 0.3) is 5.91 Å². The van der Waals surface area contributed by atoms with E-state index in [9.17, 15) is 4.79 Å². The van der Waals surface area contributed by atoms with Crippen molar-refractivity contribution in [1.82, 2.24) is 9.78 Å². The van der Waals surface area contributed by atoms with E-state index in [0.717, 1.165) is 18.5 Å². The van der Waals surface area contributed by atoms with Crippen LogP contribution < -0.4 is 5.32 Å². The highest BCUT2D eigenvalue weighted by Crippen LogP contribution is 2.21. The van der Waals surface area contributed by atoms with E-state index in [1.807, 2.05) is 18.2 Å². The number of hydrogen-bond donors (Lipinski definition) is 1. The van der Waals surface area contributed by atoms with E-state index in [-0.39, 0.29) is 12.0 Å². The van der Waals surface area contributed by atoms with Crippen LogP contribution in [0.5, 0.6) is 0 Å². The fourth-order valence-electron chi connectivity index (χ4n) is 2.16. The van der Waals surface area contributed by atoms with Gasteiger partial charge in [0.15, 0.2) is 0 Å². The largest absolute Gasteiger partial charge is 0.368 e. The van der Waals surface area contributed by atoms with Crippen molar-refractivity contribution in [2.45, 2.75) is 18.9 Å². The van der Waals surface area contributed by atoms with Crippen LogP contribution in [0.4, 0.5) is 5.69 Å². The maximum absolute atomic E-state index is 11.9. The Morgan fingerprint density at radius 1 is 1.45 bits per heavy atom. The lowest BCUT2D eigenvalue weighted by Gasteiger charge is -2.08. The summed E-state index contributed by atoms with van der Waals surface area (Å²) in [6.07, 6.45) is 4.67. The lowest BCUT2D eigenvalue weighted by molar-refractivity contribution is -0.124. The summed E-state index contributed by atoms with van der Waals surface area (Å²) in [4.78, 5) is 11.9. The van der Waals surface area contributed by atoms with Crippen LogP contribution in [-0.2, 0) is 9.53 Å². The zero-order valence-corrected chi connectivity index (χ0v) is 11.5. The average Bonchev–Trinajstić information content (AvgIpc) is 3.10. The topological polar surface area (TPSA) is 56.2 Å². The van der Waals surface area contributed by atoms with Crippen molar-refractivity contribution in [1.29, 1.82) is 0 Å². The molecule has 1 fully saturated rings. The molecule has 1 amide bonds. The maximum Gasteiger partial charge on any atom is 0.253 e. The van der Waals surface area contributed by atoms with Crippen molar-refractivity contribution < 1.29 is 9.53 Å². The molecule has 1 aliphatic heterocycles. The molecule has 2 aromatic rings. The molecule has 1 unspecified atom stereocenters.